The van der Waals surface area contributed by atoms with E-state index in [0.717, 1.165) is 0 Å². The Morgan fingerprint density at radius 1 is 1.67 bits per heavy atom. The average Bonchev–Trinajstić information content (AvgIpc) is 1.84. The van der Waals surface area contributed by atoms with E-state index >= 15 is 0 Å². The van der Waals surface area contributed by atoms with Crippen molar-refractivity contribution in [2.45, 2.75) is 26.4 Å². The molecular weight excluding hydrogens is 120 g/mol. The van der Waals surface area contributed by atoms with Gasteiger partial charge in [0.05, 0.1) is 12.0 Å². The molecule has 0 aromatic rings. The number of aliphatic hydroxyl groups excluding tert-OH is 1. The van der Waals surface area contributed by atoms with Crippen LogP contribution in [0, 0.1) is 5.92 Å². The van der Waals surface area contributed by atoms with E-state index in [1.165, 1.54) is 6.92 Å². The largest absolute Gasteiger partial charge is 0.481 e. The van der Waals surface area contributed by atoms with Crippen LogP contribution < -0.4 is 0 Å². The fourth-order valence-electron chi connectivity index (χ4n) is 0.518. The molecule has 1 unspecified atom stereocenters. The van der Waals surface area contributed by atoms with Gasteiger partial charge in [-0.1, -0.05) is 6.92 Å². The van der Waals surface area contributed by atoms with Crippen molar-refractivity contribution in [1.29, 1.82) is 0 Å². The van der Waals surface area contributed by atoms with Gasteiger partial charge in [0, 0.05) is 0 Å². The summed E-state index contributed by atoms with van der Waals surface area (Å²) in [5, 5.41) is 17.2. The van der Waals surface area contributed by atoms with Crippen LogP contribution in [-0.2, 0) is 4.79 Å². The summed E-state index contributed by atoms with van der Waals surface area (Å²) < 4.78 is 0. The minimum Gasteiger partial charge on any atom is -0.481 e. The van der Waals surface area contributed by atoms with Gasteiger partial charge in [-0.3, -0.25) is 4.79 Å². The third-order valence-electron chi connectivity index (χ3n) is 1.38. The second-order valence-electron chi connectivity index (χ2n) is 2.10. The Balaban J connectivity index is 3.72. The van der Waals surface area contributed by atoms with Crippen LogP contribution in [0.3, 0.4) is 0 Å². The predicted molar refractivity (Wildman–Crippen MR) is 33.1 cm³/mol. The zero-order valence-electron chi connectivity index (χ0n) is 5.66. The van der Waals surface area contributed by atoms with E-state index in [4.69, 9.17) is 10.2 Å². The molecule has 0 bridgehead atoms. The smallest absolute Gasteiger partial charge is 0.308 e. The molecule has 9 heavy (non-hydrogen) atoms. The molecule has 0 amide bonds. The quantitative estimate of drug-likeness (QED) is 0.587. The van der Waals surface area contributed by atoms with Crippen LogP contribution in [0.2, 0.25) is 0 Å². The van der Waals surface area contributed by atoms with Crippen LogP contribution in [-0.4, -0.2) is 22.3 Å². The molecule has 0 saturated heterocycles. The Bertz CT molecular complexity index is 100. The summed E-state index contributed by atoms with van der Waals surface area (Å²) in [4.78, 5) is 10.1. The number of rotatable bonds is 3. The van der Waals surface area contributed by atoms with Crippen molar-refractivity contribution in [2.24, 2.45) is 5.92 Å². The van der Waals surface area contributed by atoms with Gasteiger partial charge in [0.25, 0.3) is 0 Å². The van der Waals surface area contributed by atoms with Crippen molar-refractivity contribution in [3.05, 3.63) is 0 Å². The van der Waals surface area contributed by atoms with Gasteiger partial charge >= 0.3 is 5.97 Å². The van der Waals surface area contributed by atoms with Gasteiger partial charge < -0.3 is 10.2 Å². The first-order valence-electron chi connectivity index (χ1n) is 3.00. The highest BCUT2D eigenvalue weighted by Gasteiger charge is 2.18. The van der Waals surface area contributed by atoms with Crippen molar-refractivity contribution in [3.63, 3.8) is 0 Å². The van der Waals surface area contributed by atoms with Gasteiger partial charge in [-0.25, -0.2) is 0 Å². The SMILES string of the molecule is CC[C@@H](O)C(C)C(=O)O. The number of carboxylic acids is 1. The number of aliphatic carboxylic acids is 1. The van der Waals surface area contributed by atoms with Gasteiger partial charge in [0.1, 0.15) is 0 Å². The van der Waals surface area contributed by atoms with E-state index in [2.05, 4.69) is 0 Å². The summed E-state index contributed by atoms with van der Waals surface area (Å²) in [7, 11) is 0. The van der Waals surface area contributed by atoms with E-state index in [-0.39, 0.29) is 0 Å². The molecule has 2 atom stereocenters. The molecule has 0 heterocycles. The van der Waals surface area contributed by atoms with Gasteiger partial charge in [0.15, 0.2) is 0 Å². The van der Waals surface area contributed by atoms with Crippen molar-refractivity contribution in [2.75, 3.05) is 0 Å². The normalized spacial score (nSPS) is 16.8. The molecule has 0 fully saturated rings. The summed E-state index contributed by atoms with van der Waals surface area (Å²) in [6.07, 6.45) is -0.213. The lowest BCUT2D eigenvalue weighted by molar-refractivity contribution is -0.144. The van der Waals surface area contributed by atoms with Gasteiger partial charge in [-0.2, -0.15) is 0 Å². The van der Waals surface area contributed by atoms with Crippen LogP contribution in [0.15, 0.2) is 0 Å². The number of carbonyl (C=O) groups is 1. The molecule has 3 heteroatoms. The van der Waals surface area contributed by atoms with Gasteiger partial charge in [0.2, 0.25) is 0 Å². The van der Waals surface area contributed by atoms with Crippen LogP contribution in [0.4, 0.5) is 0 Å². The van der Waals surface area contributed by atoms with Crippen LogP contribution in [0.25, 0.3) is 0 Å². The first-order chi connectivity index (χ1) is 4.09. The van der Waals surface area contributed by atoms with E-state index in [9.17, 15) is 4.79 Å². The average molecular weight is 132 g/mol. The number of hydrogen-bond donors (Lipinski definition) is 2. The van der Waals surface area contributed by atoms with Gasteiger partial charge in [-0.05, 0) is 13.3 Å². The maximum atomic E-state index is 10.1. The highest BCUT2D eigenvalue weighted by molar-refractivity contribution is 5.70. The summed E-state index contributed by atoms with van der Waals surface area (Å²) >= 11 is 0. The third-order valence-corrected chi connectivity index (χ3v) is 1.38. The topological polar surface area (TPSA) is 57.5 Å². The second-order valence-corrected chi connectivity index (χ2v) is 2.10. The molecule has 0 aromatic heterocycles. The number of hydrogen-bond acceptors (Lipinski definition) is 2. The number of aliphatic hydroxyl groups is 1. The van der Waals surface area contributed by atoms with Crippen molar-refractivity contribution >= 4 is 5.97 Å². The monoisotopic (exact) mass is 132 g/mol. The Morgan fingerprint density at radius 2 is 2.11 bits per heavy atom. The Hall–Kier alpha value is -0.570. The summed E-state index contributed by atoms with van der Waals surface area (Å²) in [5.41, 5.74) is 0. The Labute approximate surface area is 54.3 Å². The van der Waals surface area contributed by atoms with E-state index in [1.807, 2.05) is 0 Å². The van der Waals surface area contributed by atoms with E-state index in [0.29, 0.717) is 6.42 Å². The minimum absolute atomic E-state index is 0.494. The summed E-state index contributed by atoms with van der Waals surface area (Å²) in [6, 6.07) is 0. The van der Waals surface area contributed by atoms with Crippen LogP contribution >= 0.6 is 0 Å². The lowest BCUT2D eigenvalue weighted by Gasteiger charge is -2.10. The highest BCUT2D eigenvalue weighted by Crippen LogP contribution is 2.05. The maximum absolute atomic E-state index is 10.1. The standard InChI is InChI=1S/C6H12O3/c1-3-5(7)4(2)6(8)9/h4-5,7H,3H2,1-2H3,(H,8,9)/t4?,5-/m1/s1. The molecule has 0 aliphatic rings. The maximum Gasteiger partial charge on any atom is 0.308 e. The predicted octanol–water partition coefficient (Wildman–Crippen LogP) is 0.478. The van der Waals surface area contributed by atoms with Gasteiger partial charge in [-0.15, -0.1) is 0 Å². The Morgan fingerprint density at radius 3 is 2.22 bits per heavy atom. The summed E-state index contributed by atoms with van der Waals surface area (Å²) in [6.45, 7) is 3.25. The fraction of sp³-hybridized carbons (Fsp3) is 0.833. The van der Waals surface area contributed by atoms with Crippen molar-refractivity contribution in [1.82, 2.24) is 0 Å². The molecule has 3 nitrogen and oxygen atoms in total. The van der Waals surface area contributed by atoms with Crippen LogP contribution in [0.1, 0.15) is 20.3 Å². The Kier molecular flexibility index (Phi) is 3.24. The third kappa shape index (κ3) is 2.46. The lowest BCUT2D eigenvalue weighted by Crippen LogP contribution is -2.24. The highest BCUT2D eigenvalue weighted by atomic mass is 16.4. The fourth-order valence-corrected chi connectivity index (χ4v) is 0.518. The molecular formula is C6H12O3. The molecule has 0 aliphatic carbocycles. The molecule has 2 N–H and O–H groups in total. The lowest BCUT2D eigenvalue weighted by atomic mass is 10.0. The zero-order valence-corrected chi connectivity index (χ0v) is 5.66. The number of carboxylic acid groups (broad SMARTS) is 1. The second kappa shape index (κ2) is 3.45. The van der Waals surface area contributed by atoms with Crippen molar-refractivity contribution < 1.29 is 15.0 Å². The zero-order chi connectivity index (χ0) is 7.44. The molecule has 0 rings (SSSR count). The molecule has 0 saturated carbocycles. The first-order valence-corrected chi connectivity index (χ1v) is 3.00. The minimum atomic E-state index is -0.940. The van der Waals surface area contributed by atoms with Crippen LogP contribution in [0.5, 0.6) is 0 Å². The summed E-state index contributed by atoms with van der Waals surface area (Å²) in [5.74, 6) is -1.58. The molecule has 54 valence electrons. The molecule has 0 aliphatic heterocycles. The van der Waals surface area contributed by atoms with Crippen molar-refractivity contribution in [3.8, 4) is 0 Å². The first kappa shape index (κ1) is 8.43. The molecule has 0 spiro atoms. The van der Waals surface area contributed by atoms with E-state index in [1.54, 1.807) is 6.92 Å². The molecule has 0 radical (unpaired) electrons. The van der Waals surface area contributed by atoms with E-state index < -0.39 is 18.0 Å². The molecule has 0 aromatic carbocycles.